The van der Waals surface area contributed by atoms with E-state index in [1.165, 1.54) is 32.1 Å². The topological polar surface area (TPSA) is 67.1 Å². The number of aromatic nitrogens is 2. The molecule has 0 atom stereocenters. The quantitative estimate of drug-likeness (QED) is 0.648. The summed E-state index contributed by atoms with van der Waals surface area (Å²) in [7, 11) is 0. The van der Waals surface area contributed by atoms with Gasteiger partial charge in [-0.1, -0.05) is 33.1 Å². The predicted octanol–water partition coefficient (Wildman–Crippen LogP) is 2.66. The monoisotopic (exact) mass is 263 g/mol. The van der Waals surface area contributed by atoms with Gasteiger partial charge in [-0.3, -0.25) is 0 Å². The Bertz CT molecular complexity index is 397. The maximum absolute atomic E-state index is 5.51. The van der Waals surface area contributed by atoms with Crippen molar-refractivity contribution in [3.8, 4) is 0 Å². The average Bonchev–Trinajstić information content (AvgIpc) is 2.37. The van der Waals surface area contributed by atoms with E-state index in [2.05, 4.69) is 29.2 Å². The fourth-order valence-electron chi connectivity index (χ4n) is 2.42. The number of nitrogens with two attached hydrogens (primary N) is 1. The molecule has 2 rings (SSSR count). The first-order valence-electron chi connectivity index (χ1n) is 7.31. The van der Waals surface area contributed by atoms with Crippen molar-refractivity contribution in [2.75, 3.05) is 23.4 Å². The van der Waals surface area contributed by atoms with Crippen molar-refractivity contribution < 1.29 is 0 Å². The number of nitrogens with one attached hydrogen (secondary N) is 1. The molecule has 0 aromatic carbocycles. The van der Waals surface area contributed by atoms with Crippen LogP contribution in [0, 0.1) is 0 Å². The van der Waals surface area contributed by atoms with Gasteiger partial charge in [-0.05, 0) is 12.8 Å². The van der Waals surface area contributed by atoms with Crippen LogP contribution < -0.4 is 16.2 Å². The van der Waals surface area contributed by atoms with Crippen LogP contribution >= 0.6 is 0 Å². The summed E-state index contributed by atoms with van der Waals surface area (Å²) in [4.78, 5) is 11.5. The first-order valence-corrected chi connectivity index (χ1v) is 7.31. The zero-order chi connectivity index (χ0) is 13.7. The lowest BCUT2D eigenvalue weighted by Gasteiger charge is -2.26. The summed E-state index contributed by atoms with van der Waals surface area (Å²) in [5, 5.41) is 0. The minimum atomic E-state index is 0.307. The van der Waals surface area contributed by atoms with E-state index in [4.69, 9.17) is 10.8 Å². The number of rotatable bonds is 3. The van der Waals surface area contributed by atoms with Crippen LogP contribution in [0.1, 0.15) is 57.7 Å². The van der Waals surface area contributed by atoms with Crippen molar-refractivity contribution in [1.82, 2.24) is 9.97 Å². The van der Waals surface area contributed by atoms with Crippen molar-refractivity contribution in [3.63, 3.8) is 0 Å². The molecule has 0 spiro atoms. The highest BCUT2D eigenvalue weighted by molar-refractivity contribution is 5.49. The molecule has 1 aromatic rings. The molecule has 0 amide bonds. The highest BCUT2D eigenvalue weighted by atomic mass is 15.3. The van der Waals surface area contributed by atoms with E-state index < -0.39 is 0 Å². The Labute approximate surface area is 115 Å². The van der Waals surface area contributed by atoms with Crippen molar-refractivity contribution in [3.05, 3.63) is 11.9 Å². The van der Waals surface area contributed by atoms with E-state index in [0.29, 0.717) is 11.7 Å². The van der Waals surface area contributed by atoms with Gasteiger partial charge in [0, 0.05) is 25.1 Å². The second-order valence-corrected chi connectivity index (χ2v) is 5.52. The molecule has 0 bridgehead atoms. The van der Waals surface area contributed by atoms with Gasteiger partial charge in [-0.2, -0.15) is 0 Å². The number of anilines is 2. The molecule has 5 nitrogen and oxygen atoms in total. The van der Waals surface area contributed by atoms with E-state index in [-0.39, 0.29) is 0 Å². The van der Waals surface area contributed by atoms with Gasteiger partial charge in [-0.25, -0.2) is 15.8 Å². The van der Waals surface area contributed by atoms with Crippen LogP contribution in [0.15, 0.2) is 6.07 Å². The molecule has 0 aliphatic carbocycles. The van der Waals surface area contributed by atoms with E-state index in [1.54, 1.807) is 0 Å². The van der Waals surface area contributed by atoms with Crippen LogP contribution in [-0.4, -0.2) is 23.1 Å². The lowest BCUT2D eigenvalue weighted by molar-refractivity contribution is 0.552. The van der Waals surface area contributed by atoms with E-state index in [0.717, 1.165) is 24.7 Å². The molecule has 3 N–H and O–H groups in total. The molecule has 2 heterocycles. The number of nitrogen functional groups attached to an aromatic ring is 1. The molecule has 1 aromatic heterocycles. The lowest BCUT2D eigenvalue weighted by Crippen LogP contribution is -2.28. The largest absolute Gasteiger partial charge is 0.356 e. The van der Waals surface area contributed by atoms with Crippen LogP contribution in [0.4, 0.5) is 11.6 Å². The smallest absolute Gasteiger partial charge is 0.145 e. The van der Waals surface area contributed by atoms with Crippen molar-refractivity contribution in [2.24, 2.45) is 5.84 Å². The van der Waals surface area contributed by atoms with Crippen LogP contribution in [0.25, 0.3) is 0 Å². The Balaban J connectivity index is 2.23. The number of hydrogen-bond donors (Lipinski definition) is 2. The molecule has 0 saturated carbocycles. The van der Waals surface area contributed by atoms with Crippen molar-refractivity contribution in [2.45, 2.75) is 51.9 Å². The van der Waals surface area contributed by atoms with Crippen molar-refractivity contribution >= 4 is 11.6 Å². The highest BCUT2D eigenvalue weighted by Gasteiger charge is 2.14. The van der Waals surface area contributed by atoms with Gasteiger partial charge in [0.05, 0.1) is 0 Å². The average molecular weight is 263 g/mol. The second kappa shape index (κ2) is 6.70. The SMILES string of the molecule is CC(C)c1nc(NN)cc(N2CCCCCCC2)n1. The van der Waals surface area contributed by atoms with Gasteiger partial charge < -0.3 is 10.3 Å². The predicted molar refractivity (Wildman–Crippen MR) is 79.2 cm³/mol. The van der Waals surface area contributed by atoms with Gasteiger partial charge in [0.15, 0.2) is 0 Å². The van der Waals surface area contributed by atoms with E-state index in [1.807, 2.05) is 6.07 Å². The Hall–Kier alpha value is -1.36. The fraction of sp³-hybridized carbons (Fsp3) is 0.714. The summed E-state index contributed by atoms with van der Waals surface area (Å²) in [6, 6.07) is 1.95. The molecule has 1 fully saturated rings. The first kappa shape index (κ1) is 14.1. The van der Waals surface area contributed by atoms with Crippen LogP contribution in [0.2, 0.25) is 0 Å². The Kier molecular flexibility index (Phi) is 4.96. The zero-order valence-electron chi connectivity index (χ0n) is 12.0. The first-order chi connectivity index (χ1) is 9.20. The Morgan fingerprint density at radius 1 is 1.11 bits per heavy atom. The lowest BCUT2D eigenvalue weighted by atomic mass is 10.1. The van der Waals surface area contributed by atoms with Gasteiger partial charge >= 0.3 is 0 Å². The second-order valence-electron chi connectivity index (χ2n) is 5.52. The summed E-state index contributed by atoms with van der Waals surface area (Å²) in [6.07, 6.45) is 6.49. The molecular formula is C14H25N5. The summed E-state index contributed by atoms with van der Waals surface area (Å²) < 4.78 is 0. The van der Waals surface area contributed by atoms with Crippen LogP contribution in [0.5, 0.6) is 0 Å². The van der Waals surface area contributed by atoms with Crippen molar-refractivity contribution in [1.29, 1.82) is 0 Å². The molecule has 19 heavy (non-hydrogen) atoms. The number of hydrazine groups is 1. The molecule has 0 unspecified atom stereocenters. The molecule has 1 aliphatic rings. The van der Waals surface area contributed by atoms with E-state index >= 15 is 0 Å². The van der Waals surface area contributed by atoms with Gasteiger partial charge in [-0.15, -0.1) is 0 Å². The molecule has 5 heteroatoms. The summed E-state index contributed by atoms with van der Waals surface area (Å²) in [5.41, 5.74) is 2.65. The zero-order valence-corrected chi connectivity index (χ0v) is 12.0. The Morgan fingerprint density at radius 2 is 1.74 bits per heavy atom. The molecule has 0 radical (unpaired) electrons. The van der Waals surface area contributed by atoms with Gasteiger partial charge in [0.1, 0.15) is 17.5 Å². The Morgan fingerprint density at radius 3 is 2.32 bits per heavy atom. The normalized spacial score (nSPS) is 17.2. The van der Waals surface area contributed by atoms with E-state index in [9.17, 15) is 0 Å². The third-order valence-electron chi connectivity index (χ3n) is 3.57. The third kappa shape index (κ3) is 3.80. The summed E-state index contributed by atoms with van der Waals surface area (Å²) in [5.74, 6) is 8.39. The van der Waals surface area contributed by atoms with Crippen LogP contribution in [0.3, 0.4) is 0 Å². The van der Waals surface area contributed by atoms with Crippen LogP contribution in [-0.2, 0) is 0 Å². The van der Waals surface area contributed by atoms with Gasteiger partial charge in [0.2, 0.25) is 0 Å². The number of nitrogens with zero attached hydrogens (tertiary/aromatic N) is 3. The molecule has 106 valence electrons. The third-order valence-corrected chi connectivity index (χ3v) is 3.57. The minimum absolute atomic E-state index is 0.307. The summed E-state index contributed by atoms with van der Waals surface area (Å²) >= 11 is 0. The standard InChI is InChI=1S/C14H25N5/c1-11(2)14-16-12(18-15)10-13(17-14)19-8-6-4-3-5-7-9-19/h10-11H,3-9,15H2,1-2H3,(H,16,17,18). The fourth-order valence-corrected chi connectivity index (χ4v) is 2.42. The maximum Gasteiger partial charge on any atom is 0.145 e. The highest BCUT2D eigenvalue weighted by Crippen LogP contribution is 2.22. The molecular weight excluding hydrogens is 238 g/mol. The molecule has 1 aliphatic heterocycles. The number of hydrogen-bond acceptors (Lipinski definition) is 5. The minimum Gasteiger partial charge on any atom is -0.356 e. The van der Waals surface area contributed by atoms with Gasteiger partial charge in [0.25, 0.3) is 0 Å². The molecule has 1 saturated heterocycles. The summed E-state index contributed by atoms with van der Waals surface area (Å²) in [6.45, 7) is 6.37. The maximum atomic E-state index is 5.51.